The predicted octanol–water partition coefficient (Wildman–Crippen LogP) is 2.55. The number of anilines is 2. The number of primary amides is 1. The first-order valence-corrected chi connectivity index (χ1v) is 10.7. The molecule has 11 heteroatoms. The number of likely N-dealkylation sites (tertiary alicyclic amines) is 1. The molecule has 0 saturated carbocycles. The molecule has 0 bridgehead atoms. The maximum absolute atomic E-state index is 13.2. The number of benzene rings is 1. The molecule has 1 aromatic heterocycles. The van der Waals surface area contributed by atoms with E-state index in [0.29, 0.717) is 31.9 Å². The van der Waals surface area contributed by atoms with Gasteiger partial charge >= 0.3 is 6.09 Å². The Kier molecular flexibility index (Phi) is 6.32. The molecule has 4 N–H and O–H groups in total. The fraction of sp³-hybridized carbons (Fsp3) is 0.455. The zero-order chi connectivity index (χ0) is 23.6. The zero-order valence-corrected chi connectivity index (χ0v) is 18.3. The van der Waals surface area contributed by atoms with Gasteiger partial charge in [-0.05, 0) is 30.7 Å². The van der Waals surface area contributed by atoms with Crippen LogP contribution in [0.3, 0.4) is 0 Å². The number of carbonyl (C=O) groups is 2. The molecule has 33 heavy (non-hydrogen) atoms. The van der Waals surface area contributed by atoms with E-state index in [-0.39, 0.29) is 47.7 Å². The van der Waals surface area contributed by atoms with Crippen LogP contribution in [0.15, 0.2) is 30.5 Å². The Morgan fingerprint density at radius 3 is 2.73 bits per heavy atom. The summed E-state index contributed by atoms with van der Waals surface area (Å²) in [7, 11) is 0. The molecule has 4 rings (SSSR count). The van der Waals surface area contributed by atoms with E-state index in [1.807, 2.05) is 6.92 Å². The third-order valence-electron chi connectivity index (χ3n) is 6.00. The molecule has 10 nitrogen and oxygen atoms in total. The number of ether oxygens (including phenoxy) is 2. The first kappa shape index (κ1) is 22.7. The van der Waals surface area contributed by atoms with Crippen molar-refractivity contribution in [3.63, 3.8) is 0 Å². The van der Waals surface area contributed by atoms with E-state index in [9.17, 15) is 14.0 Å². The Hall–Kier alpha value is -3.47. The normalized spacial score (nSPS) is 21.7. The number of aromatic nitrogens is 2. The molecular weight excluding hydrogens is 431 g/mol. The number of carbonyl (C=O) groups excluding carboxylic acids is 2. The van der Waals surface area contributed by atoms with Crippen molar-refractivity contribution in [2.75, 3.05) is 38.2 Å². The summed E-state index contributed by atoms with van der Waals surface area (Å²) >= 11 is 0. The molecule has 176 valence electrons. The molecule has 2 aliphatic rings. The van der Waals surface area contributed by atoms with E-state index in [0.717, 1.165) is 0 Å². The Balaban J connectivity index is 1.52. The van der Waals surface area contributed by atoms with Crippen LogP contribution in [0, 0.1) is 22.6 Å². The van der Waals surface area contributed by atoms with Crippen LogP contribution in [-0.4, -0.2) is 65.8 Å². The second-order valence-corrected chi connectivity index (χ2v) is 8.86. The van der Waals surface area contributed by atoms with E-state index < -0.39 is 12.0 Å². The SMILES string of the molecule is CC1(COC(=O)N2CC[C@@H](C=N)[C@H](n3cc(C(N)=O)c(Nc4ccc(F)cc4)n3)C2)COC1. The van der Waals surface area contributed by atoms with Gasteiger partial charge in [0.25, 0.3) is 5.91 Å². The molecule has 2 fully saturated rings. The lowest BCUT2D eigenvalue weighted by atomic mass is 9.90. The molecule has 3 heterocycles. The smallest absolute Gasteiger partial charge is 0.409 e. The minimum atomic E-state index is -0.680. The van der Waals surface area contributed by atoms with E-state index in [1.165, 1.54) is 36.7 Å². The van der Waals surface area contributed by atoms with Gasteiger partial charge in [-0.2, -0.15) is 5.10 Å². The second kappa shape index (κ2) is 9.18. The second-order valence-electron chi connectivity index (χ2n) is 8.86. The molecule has 2 amide bonds. The van der Waals surface area contributed by atoms with Crippen molar-refractivity contribution in [2.45, 2.75) is 19.4 Å². The number of halogens is 1. The number of piperidine rings is 1. The third-order valence-corrected chi connectivity index (χ3v) is 6.00. The van der Waals surface area contributed by atoms with Gasteiger partial charge in [-0.15, -0.1) is 0 Å². The van der Waals surface area contributed by atoms with Crippen molar-refractivity contribution in [3.8, 4) is 0 Å². The highest BCUT2D eigenvalue weighted by atomic mass is 19.1. The van der Waals surface area contributed by atoms with Gasteiger partial charge in [-0.3, -0.25) is 9.48 Å². The lowest BCUT2D eigenvalue weighted by molar-refractivity contribution is -0.128. The molecule has 2 aliphatic heterocycles. The van der Waals surface area contributed by atoms with Crippen molar-refractivity contribution in [1.29, 1.82) is 5.41 Å². The van der Waals surface area contributed by atoms with Crippen LogP contribution in [0.1, 0.15) is 29.7 Å². The van der Waals surface area contributed by atoms with Crippen molar-refractivity contribution >= 4 is 29.7 Å². The van der Waals surface area contributed by atoms with Crippen molar-refractivity contribution < 1.29 is 23.5 Å². The Bertz CT molecular complexity index is 1040. The van der Waals surface area contributed by atoms with Crippen LogP contribution >= 0.6 is 0 Å². The van der Waals surface area contributed by atoms with E-state index in [2.05, 4.69) is 10.4 Å². The average Bonchev–Trinajstić information content (AvgIpc) is 3.21. The van der Waals surface area contributed by atoms with E-state index in [1.54, 1.807) is 9.58 Å². The number of nitrogens with two attached hydrogens (primary N) is 1. The molecule has 1 aromatic carbocycles. The number of amides is 2. The maximum Gasteiger partial charge on any atom is 0.409 e. The number of rotatable bonds is 7. The summed E-state index contributed by atoms with van der Waals surface area (Å²) < 4.78 is 25.5. The minimum absolute atomic E-state index is 0.151. The topological polar surface area (TPSA) is 136 Å². The van der Waals surface area contributed by atoms with Crippen molar-refractivity contribution in [3.05, 3.63) is 41.8 Å². The van der Waals surface area contributed by atoms with Gasteiger partial charge in [0.05, 0.1) is 19.3 Å². The van der Waals surface area contributed by atoms with Crippen LogP contribution in [0.25, 0.3) is 0 Å². The van der Waals surface area contributed by atoms with Gasteiger partial charge in [-0.1, -0.05) is 6.92 Å². The molecule has 0 aliphatic carbocycles. The number of hydrogen-bond acceptors (Lipinski definition) is 7. The Labute approximate surface area is 190 Å². The number of nitrogens with zero attached hydrogens (tertiary/aromatic N) is 3. The molecule has 0 unspecified atom stereocenters. The van der Waals surface area contributed by atoms with Crippen LogP contribution in [0.5, 0.6) is 0 Å². The maximum atomic E-state index is 13.2. The first-order valence-electron chi connectivity index (χ1n) is 10.7. The average molecular weight is 458 g/mol. The summed E-state index contributed by atoms with van der Waals surface area (Å²) in [4.78, 5) is 26.3. The molecule has 0 radical (unpaired) electrons. The van der Waals surface area contributed by atoms with Gasteiger partial charge in [-0.25, -0.2) is 9.18 Å². The van der Waals surface area contributed by atoms with Crippen molar-refractivity contribution in [1.82, 2.24) is 14.7 Å². The molecule has 0 spiro atoms. The number of nitrogens with one attached hydrogen (secondary N) is 2. The van der Waals surface area contributed by atoms with Crippen LogP contribution in [-0.2, 0) is 9.47 Å². The molecule has 2 atom stereocenters. The first-order chi connectivity index (χ1) is 15.8. The highest BCUT2D eigenvalue weighted by molar-refractivity contribution is 5.98. The van der Waals surface area contributed by atoms with Gasteiger partial charge in [0.15, 0.2) is 5.82 Å². The standard InChI is InChI=1S/C22H27FN6O4/c1-22(11-32-12-22)13-33-21(31)28-7-6-14(8-24)18(10-28)29-9-17(19(25)30)20(27-29)26-16-4-2-15(23)3-5-16/h2-5,8-9,14,18,24H,6-7,10-13H2,1H3,(H2,25,30)(H,26,27)/t14-,18+/m0/s1. The molecular formula is C22H27FN6O4. The number of hydrogen-bond donors (Lipinski definition) is 3. The lowest BCUT2D eigenvalue weighted by Crippen LogP contribution is -2.48. The summed E-state index contributed by atoms with van der Waals surface area (Å²) in [5, 5.41) is 15.3. The fourth-order valence-corrected chi connectivity index (χ4v) is 3.96. The summed E-state index contributed by atoms with van der Waals surface area (Å²) in [6.45, 7) is 4.12. The summed E-state index contributed by atoms with van der Waals surface area (Å²) in [5.74, 6) is -1.04. The monoisotopic (exact) mass is 458 g/mol. The Morgan fingerprint density at radius 1 is 1.39 bits per heavy atom. The minimum Gasteiger partial charge on any atom is -0.449 e. The van der Waals surface area contributed by atoms with Gasteiger partial charge in [0, 0.05) is 42.5 Å². The fourth-order valence-electron chi connectivity index (χ4n) is 3.96. The van der Waals surface area contributed by atoms with Crippen LogP contribution < -0.4 is 11.1 Å². The Morgan fingerprint density at radius 2 is 2.12 bits per heavy atom. The van der Waals surface area contributed by atoms with Crippen LogP contribution in [0.4, 0.5) is 20.7 Å². The summed E-state index contributed by atoms with van der Waals surface area (Å²) in [6.07, 6.45) is 2.97. The quantitative estimate of drug-likeness (QED) is 0.546. The highest BCUT2D eigenvalue weighted by Gasteiger charge is 2.37. The predicted molar refractivity (Wildman–Crippen MR) is 118 cm³/mol. The highest BCUT2D eigenvalue weighted by Crippen LogP contribution is 2.31. The largest absolute Gasteiger partial charge is 0.449 e. The zero-order valence-electron chi connectivity index (χ0n) is 18.3. The van der Waals surface area contributed by atoms with E-state index >= 15 is 0 Å². The molecule has 2 saturated heterocycles. The summed E-state index contributed by atoms with van der Waals surface area (Å²) in [6, 6.07) is 5.23. The van der Waals surface area contributed by atoms with Gasteiger partial charge in [0.1, 0.15) is 18.0 Å². The van der Waals surface area contributed by atoms with Crippen LogP contribution in [0.2, 0.25) is 0 Å². The van der Waals surface area contributed by atoms with Gasteiger partial charge < -0.3 is 30.8 Å². The van der Waals surface area contributed by atoms with Crippen molar-refractivity contribution in [2.24, 2.45) is 17.1 Å². The van der Waals surface area contributed by atoms with E-state index in [4.69, 9.17) is 20.6 Å². The lowest BCUT2D eigenvalue weighted by Gasteiger charge is -2.39. The molecule has 2 aromatic rings. The van der Waals surface area contributed by atoms with Gasteiger partial charge in [0.2, 0.25) is 0 Å². The third kappa shape index (κ3) is 4.98. The summed E-state index contributed by atoms with van der Waals surface area (Å²) in [5.41, 5.74) is 6.08.